The van der Waals surface area contributed by atoms with Crippen molar-refractivity contribution in [1.29, 1.82) is 0 Å². The van der Waals surface area contributed by atoms with Crippen molar-refractivity contribution in [2.24, 2.45) is 5.10 Å². The Labute approximate surface area is 104 Å². The predicted molar refractivity (Wildman–Crippen MR) is 68.0 cm³/mol. The van der Waals surface area contributed by atoms with Crippen LogP contribution in [0.5, 0.6) is 0 Å². The first-order valence-electron chi connectivity index (χ1n) is 5.06. The number of hydrogen-bond acceptors (Lipinski definition) is 2. The normalized spacial score (nSPS) is 21.4. The maximum atomic E-state index is 5.71. The molecule has 1 heterocycles. The molecule has 0 aliphatic carbocycles. The van der Waals surface area contributed by atoms with Crippen LogP contribution in [0.2, 0.25) is 0 Å². The van der Waals surface area contributed by atoms with Crippen LogP contribution in [0.4, 0.5) is 0 Å². The van der Waals surface area contributed by atoms with E-state index >= 15 is 0 Å². The molecule has 0 spiro atoms. The Bertz CT molecular complexity index is 438. The fourth-order valence-electron chi connectivity index (χ4n) is 1.59. The first kappa shape index (κ1) is 11.4. The van der Waals surface area contributed by atoms with Crippen molar-refractivity contribution < 1.29 is 9.33 Å². The summed E-state index contributed by atoms with van der Waals surface area (Å²) in [5.74, 6) is 1.56. The van der Waals surface area contributed by atoms with Crippen molar-refractivity contribution in [3.8, 4) is 0 Å². The van der Waals surface area contributed by atoms with E-state index in [4.69, 9.17) is 4.74 Å². The van der Waals surface area contributed by atoms with Crippen LogP contribution in [-0.2, 0) is 4.74 Å². The van der Waals surface area contributed by atoms with Crippen LogP contribution in [0.1, 0.15) is 5.56 Å². The lowest BCUT2D eigenvalue weighted by Crippen LogP contribution is -2.41. The third-order valence-corrected chi connectivity index (χ3v) is 2.79. The minimum atomic E-state index is 0.543. The van der Waals surface area contributed by atoms with Gasteiger partial charge in [-0.1, -0.05) is 34.1 Å². The SMILES string of the molecule is C[N+]1(C)CC(=CBr)OC(c2ccccc2)=N1. The van der Waals surface area contributed by atoms with Gasteiger partial charge in [0, 0.05) is 10.5 Å². The highest BCUT2D eigenvalue weighted by Crippen LogP contribution is 2.19. The third kappa shape index (κ3) is 2.51. The van der Waals surface area contributed by atoms with E-state index in [9.17, 15) is 0 Å². The second-order valence-electron chi connectivity index (χ2n) is 4.23. The molecule has 0 radical (unpaired) electrons. The number of hydrogen-bond donors (Lipinski definition) is 0. The molecule has 0 N–H and O–H groups in total. The predicted octanol–water partition coefficient (Wildman–Crippen LogP) is 2.69. The molecule has 0 amide bonds. The molecule has 1 aromatic rings. The molecule has 1 aromatic carbocycles. The molecular weight excluding hydrogens is 268 g/mol. The molecular formula is C12H14BrN2O+. The van der Waals surface area contributed by atoms with Gasteiger partial charge in [-0.3, -0.25) is 0 Å². The zero-order chi connectivity index (χ0) is 11.6. The molecule has 0 atom stereocenters. The first-order valence-corrected chi connectivity index (χ1v) is 5.98. The van der Waals surface area contributed by atoms with Gasteiger partial charge in [-0.25, -0.2) is 0 Å². The Morgan fingerprint density at radius 2 is 2.00 bits per heavy atom. The van der Waals surface area contributed by atoms with Crippen LogP contribution in [0.3, 0.4) is 0 Å². The van der Waals surface area contributed by atoms with E-state index in [0.717, 1.165) is 17.9 Å². The molecule has 0 aromatic heterocycles. The largest absolute Gasteiger partial charge is 0.432 e. The van der Waals surface area contributed by atoms with Gasteiger partial charge in [0.2, 0.25) is 0 Å². The van der Waals surface area contributed by atoms with Crippen molar-refractivity contribution in [3.05, 3.63) is 46.6 Å². The number of rotatable bonds is 1. The number of ether oxygens (including phenoxy) is 1. The average Bonchev–Trinajstić information content (AvgIpc) is 2.28. The van der Waals surface area contributed by atoms with Crippen molar-refractivity contribution >= 4 is 21.8 Å². The quantitative estimate of drug-likeness (QED) is 0.726. The summed E-state index contributed by atoms with van der Waals surface area (Å²) < 4.78 is 6.25. The summed E-state index contributed by atoms with van der Waals surface area (Å²) in [6.07, 6.45) is 0. The molecule has 0 bridgehead atoms. The monoisotopic (exact) mass is 281 g/mol. The molecule has 0 saturated carbocycles. The molecule has 4 heteroatoms. The molecule has 0 fully saturated rings. The van der Waals surface area contributed by atoms with Crippen LogP contribution in [-0.4, -0.2) is 31.1 Å². The number of nitrogens with zero attached hydrogens (tertiary/aromatic N) is 2. The summed E-state index contributed by atoms with van der Waals surface area (Å²) in [5, 5.41) is 4.55. The lowest BCUT2D eigenvalue weighted by Gasteiger charge is -2.28. The van der Waals surface area contributed by atoms with Crippen LogP contribution >= 0.6 is 15.9 Å². The third-order valence-electron chi connectivity index (χ3n) is 2.27. The van der Waals surface area contributed by atoms with E-state index in [1.807, 2.05) is 49.4 Å². The van der Waals surface area contributed by atoms with Crippen LogP contribution < -0.4 is 0 Å². The summed E-state index contributed by atoms with van der Waals surface area (Å²) in [6, 6.07) is 9.93. The maximum absolute atomic E-state index is 5.71. The standard InChI is InChI=1S/C12H14BrN2O/c1-15(2)9-11(8-13)16-12(14-15)10-6-4-3-5-7-10/h3-8H,9H2,1-2H3/q+1. The van der Waals surface area contributed by atoms with Crippen LogP contribution in [0, 0.1) is 0 Å². The molecule has 3 nitrogen and oxygen atoms in total. The van der Waals surface area contributed by atoms with Gasteiger partial charge in [0.05, 0.1) is 14.1 Å². The lowest BCUT2D eigenvalue weighted by atomic mass is 10.2. The van der Waals surface area contributed by atoms with Gasteiger partial charge in [0.25, 0.3) is 5.90 Å². The van der Waals surface area contributed by atoms with Crippen molar-refractivity contribution in [3.63, 3.8) is 0 Å². The zero-order valence-electron chi connectivity index (χ0n) is 9.35. The molecule has 2 rings (SSSR count). The van der Waals surface area contributed by atoms with Gasteiger partial charge in [0.15, 0.2) is 12.3 Å². The van der Waals surface area contributed by atoms with E-state index in [1.165, 1.54) is 0 Å². The summed E-state index contributed by atoms with van der Waals surface area (Å²) in [4.78, 5) is 1.81. The van der Waals surface area contributed by atoms with Gasteiger partial charge in [0.1, 0.15) is 0 Å². The Kier molecular flexibility index (Phi) is 3.12. The van der Waals surface area contributed by atoms with Crippen molar-refractivity contribution in [1.82, 2.24) is 0 Å². The second-order valence-corrected chi connectivity index (χ2v) is 4.69. The summed E-state index contributed by atoms with van der Waals surface area (Å²) >= 11 is 3.31. The van der Waals surface area contributed by atoms with E-state index in [2.05, 4.69) is 21.0 Å². The highest BCUT2D eigenvalue weighted by molar-refractivity contribution is 9.11. The van der Waals surface area contributed by atoms with E-state index < -0.39 is 0 Å². The highest BCUT2D eigenvalue weighted by Gasteiger charge is 2.27. The number of likely N-dealkylation sites (N-methyl/N-ethyl adjacent to an activating group) is 1. The number of halogens is 1. The Morgan fingerprint density at radius 3 is 2.62 bits per heavy atom. The fraction of sp³-hybridized carbons (Fsp3) is 0.250. The van der Waals surface area contributed by atoms with Crippen LogP contribution in [0.25, 0.3) is 0 Å². The number of quaternary nitrogens is 1. The Balaban J connectivity index is 2.38. The smallest absolute Gasteiger partial charge is 0.279 e. The van der Waals surface area contributed by atoms with Gasteiger partial charge >= 0.3 is 0 Å². The molecule has 0 saturated heterocycles. The van der Waals surface area contributed by atoms with Gasteiger partial charge < -0.3 is 4.74 Å². The first-order chi connectivity index (χ1) is 7.61. The van der Waals surface area contributed by atoms with E-state index in [-0.39, 0.29) is 0 Å². The summed E-state index contributed by atoms with van der Waals surface area (Å²) in [5.41, 5.74) is 1.00. The Morgan fingerprint density at radius 1 is 1.31 bits per heavy atom. The summed E-state index contributed by atoms with van der Waals surface area (Å²) in [6.45, 7) is 0.752. The van der Waals surface area contributed by atoms with E-state index in [1.54, 1.807) is 0 Å². The van der Waals surface area contributed by atoms with Gasteiger partial charge in [-0.05, 0) is 17.2 Å². The van der Waals surface area contributed by atoms with Crippen molar-refractivity contribution in [2.45, 2.75) is 0 Å². The molecule has 84 valence electrons. The zero-order valence-corrected chi connectivity index (χ0v) is 10.9. The average molecular weight is 282 g/mol. The van der Waals surface area contributed by atoms with E-state index in [0.29, 0.717) is 10.5 Å². The fourth-order valence-corrected chi connectivity index (χ4v) is 1.83. The number of benzene rings is 1. The minimum Gasteiger partial charge on any atom is -0.432 e. The van der Waals surface area contributed by atoms with Gasteiger partial charge in [-0.15, -0.1) is 0 Å². The molecule has 0 unspecified atom stereocenters. The molecule has 16 heavy (non-hydrogen) atoms. The lowest BCUT2D eigenvalue weighted by molar-refractivity contribution is -0.896. The minimum absolute atomic E-state index is 0.543. The van der Waals surface area contributed by atoms with Crippen LogP contribution in [0.15, 0.2) is 46.2 Å². The topological polar surface area (TPSA) is 21.6 Å². The second kappa shape index (κ2) is 4.39. The highest BCUT2D eigenvalue weighted by atomic mass is 79.9. The molecule has 1 aliphatic rings. The van der Waals surface area contributed by atoms with Crippen molar-refractivity contribution in [2.75, 3.05) is 20.6 Å². The molecule has 1 aliphatic heterocycles. The summed E-state index contributed by atoms with van der Waals surface area (Å²) in [7, 11) is 4.09. The van der Waals surface area contributed by atoms with Gasteiger partial charge in [-0.2, -0.15) is 4.59 Å². The maximum Gasteiger partial charge on any atom is 0.279 e. The Hall–Kier alpha value is -1.13.